The Morgan fingerprint density at radius 3 is 2.00 bits per heavy atom. The van der Waals surface area contributed by atoms with Gasteiger partial charge in [-0.2, -0.15) is 8.61 Å². The van der Waals surface area contributed by atoms with Gasteiger partial charge in [0.15, 0.2) is 0 Å². The highest BCUT2D eigenvalue weighted by molar-refractivity contribution is 7.89. The van der Waals surface area contributed by atoms with E-state index in [9.17, 15) is 21.9 Å². The van der Waals surface area contributed by atoms with Crippen LogP contribution in [-0.4, -0.2) is 69.9 Å². The van der Waals surface area contributed by atoms with E-state index in [4.69, 9.17) is 4.74 Å². The van der Waals surface area contributed by atoms with Crippen LogP contribution in [0.1, 0.15) is 46.0 Å². The van der Waals surface area contributed by atoms with Gasteiger partial charge in [0, 0.05) is 26.2 Å². The van der Waals surface area contributed by atoms with Crippen molar-refractivity contribution >= 4 is 20.0 Å². The smallest absolute Gasteiger partial charge is 0.243 e. The van der Waals surface area contributed by atoms with Crippen LogP contribution in [0.25, 0.3) is 0 Å². The Bertz CT molecular complexity index is 1180. The summed E-state index contributed by atoms with van der Waals surface area (Å²) in [6, 6.07) is 14.5. The zero-order chi connectivity index (χ0) is 27.1. The number of aliphatic hydroxyl groups is 1. The molecule has 0 amide bonds. The number of nitrogens with zero attached hydrogens (tertiary/aromatic N) is 2. The number of aliphatic hydroxyl groups excluding tert-OH is 1. The first-order chi connectivity index (χ1) is 17.5. The van der Waals surface area contributed by atoms with Gasteiger partial charge in [-0.05, 0) is 67.5 Å². The molecule has 2 aromatic rings. The molecule has 0 radical (unpaired) electrons. The lowest BCUT2D eigenvalue weighted by Gasteiger charge is -2.29. The number of hydrogen-bond donors (Lipinski definition) is 1. The minimum absolute atomic E-state index is 0.0556. The molecule has 1 fully saturated rings. The Morgan fingerprint density at radius 2 is 1.43 bits per heavy atom. The molecule has 37 heavy (non-hydrogen) atoms. The fourth-order valence-corrected chi connectivity index (χ4v) is 7.92. The number of methoxy groups -OCH3 is 1. The lowest BCUT2D eigenvalue weighted by Crippen LogP contribution is -2.42. The maximum atomic E-state index is 13.5. The molecule has 206 valence electrons. The number of sulfonamides is 2. The number of hydrogen-bond acceptors (Lipinski definition) is 6. The molecule has 1 saturated carbocycles. The molecule has 10 heteroatoms. The van der Waals surface area contributed by atoms with Gasteiger partial charge in [-0.15, -0.1) is 0 Å². The van der Waals surface area contributed by atoms with Crippen molar-refractivity contribution in [2.75, 3.05) is 33.3 Å². The molecule has 1 unspecified atom stereocenters. The molecule has 0 spiro atoms. The van der Waals surface area contributed by atoms with Crippen molar-refractivity contribution in [3.63, 3.8) is 0 Å². The normalized spacial score (nSPS) is 16.1. The average molecular weight is 553 g/mol. The molecule has 0 heterocycles. The molecular formula is C27H40N2O6S2. The molecule has 8 nitrogen and oxygen atoms in total. The summed E-state index contributed by atoms with van der Waals surface area (Å²) in [7, 11) is -6.06. The molecule has 3 rings (SSSR count). The zero-order valence-corrected chi connectivity index (χ0v) is 23.6. The van der Waals surface area contributed by atoms with E-state index in [-0.39, 0.29) is 47.7 Å². The topological polar surface area (TPSA) is 104 Å². The van der Waals surface area contributed by atoms with Crippen LogP contribution in [0.5, 0.6) is 5.75 Å². The van der Waals surface area contributed by atoms with Gasteiger partial charge in [0.1, 0.15) is 5.75 Å². The van der Waals surface area contributed by atoms with Crippen molar-refractivity contribution in [1.82, 2.24) is 8.61 Å². The lowest BCUT2D eigenvalue weighted by atomic mass is 10.1. The monoisotopic (exact) mass is 552 g/mol. The minimum Gasteiger partial charge on any atom is -0.497 e. The maximum absolute atomic E-state index is 13.5. The SMILES string of the molecule is COc1ccc(S(=O)(=O)N(CCC(O)CN(CC(C)C)S(=O)(=O)c2ccccc2)CC2CCCC2)cc1. The third kappa shape index (κ3) is 8.00. The van der Waals surface area contributed by atoms with E-state index in [1.165, 1.54) is 27.9 Å². The van der Waals surface area contributed by atoms with Crippen molar-refractivity contribution in [2.45, 2.75) is 61.8 Å². The maximum Gasteiger partial charge on any atom is 0.243 e. The summed E-state index contributed by atoms with van der Waals surface area (Å²) in [4.78, 5) is 0.349. The Kier molecular flexibility index (Phi) is 10.5. The van der Waals surface area contributed by atoms with Gasteiger partial charge >= 0.3 is 0 Å². The van der Waals surface area contributed by atoms with Gasteiger partial charge in [-0.3, -0.25) is 0 Å². The first-order valence-electron chi connectivity index (χ1n) is 12.9. The molecule has 1 N–H and O–H groups in total. The van der Waals surface area contributed by atoms with Crippen LogP contribution in [0, 0.1) is 11.8 Å². The van der Waals surface area contributed by atoms with Crippen LogP contribution < -0.4 is 4.74 Å². The van der Waals surface area contributed by atoms with Gasteiger partial charge in [0.05, 0.1) is 23.0 Å². The summed E-state index contributed by atoms with van der Waals surface area (Å²) in [5.41, 5.74) is 0. The van der Waals surface area contributed by atoms with Gasteiger partial charge in [-0.1, -0.05) is 44.9 Å². The Hall–Kier alpha value is -1.98. The number of ether oxygens (including phenoxy) is 1. The van der Waals surface area contributed by atoms with Crippen LogP contribution in [0.15, 0.2) is 64.4 Å². The van der Waals surface area contributed by atoms with E-state index in [1.807, 2.05) is 13.8 Å². The summed E-state index contributed by atoms with van der Waals surface area (Å²) in [5.74, 6) is 0.905. The molecule has 1 aliphatic carbocycles. The zero-order valence-electron chi connectivity index (χ0n) is 22.0. The molecule has 0 bridgehead atoms. The molecular weight excluding hydrogens is 512 g/mol. The fraction of sp³-hybridized carbons (Fsp3) is 0.556. The molecule has 1 atom stereocenters. The van der Waals surface area contributed by atoms with E-state index >= 15 is 0 Å². The van der Waals surface area contributed by atoms with E-state index in [2.05, 4.69) is 0 Å². The molecule has 0 aliphatic heterocycles. The van der Waals surface area contributed by atoms with Crippen LogP contribution in [0.4, 0.5) is 0 Å². The van der Waals surface area contributed by atoms with Gasteiger partial charge in [0.25, 0.3) is 0 Å². The van der Waals surface area contributed by atoms with Crippen molar-refractivity contribution in [3.05, 3.63) is 54.6 Å². The second-order valence-corrected chi connectivity index (χ2v) is 14.0. The van der Waals surface area contributed by atoms with Crippen molar-refractivity contribution in [2.24, 2.45) is 11.8 Å². The van der Waals surface area contributed by atoms with E-state index in [0.29, 0.717) is 12.3 Å². The van der Waals surface area contributed by atoms with Crippen LogP contribution in [-0.2, 0) is 20.0 Å². The van der Waals surface area contributed by atoms with Crippen molar-refractivity contribution in [3.8, 4) is 5.75 Å². The summed E-state index contributed by atoms with van der Waals surface area (Å²) in [6.07, 6.45) is 3.25. The van der Waals surface area contributed by atoms with E-state index < -0.39 is 26.2 Å². The van der Waals surface area contributed by atoms with Crippen molar-refractivity contribution in [1.29, 1.82) is 0 Å². The molecule has 1 aliphatic rings. The third-order valence-corrected chi connectivity index (χ3v) is 10.4. The highest BCUT2D eigenvalue weighted by Crippen LogP contribution is 2.29. The predicted molar refractivity (Wildman–Crippen MR) is 144 cm³/mol. The standard InChI is InChI=1S/C27H40N2O6S2/c1-22(2)19-29(37(33,34)26-11-5-4-6-12-26)21-24(30)17-18-28(20-23-9-7-8-10-23)36(31,32)27-15-13-25(35-3)14-16-27/h4-6,11-16,22-24,30H,7-10,17-21H2,1-3H3. The predicted octanol–water partition coefficient (Wildman–Crippen LogP) is 3.97. The highest BCUT2D eigenvalue weighted by Gasteiger charge is 2.31. The van der Waals surface area contributed by atoms with Crippen LogP contribution in [0.2, 0.25) is 0 Å². The average Bonchev–Trinajstić information content (AvgIpc) is 3.39. The van der Waals surface area contributed by atoms with Gasteiger partial charge < -0.3 is 9.84 Å². The third-order valence-electron chi connectivity index (χ3n) is 6.71. The number of rotatable bonds is 14. The second kappa shape index (κ2) is 13.2. The quantitative estimate of drug-likeness (QED) is 0.380. The van der Waals surface area contributed by atoms with Crippen molar-refractivity contribution < 1.29 is 26.7 Å². The molecule has 2 aromatic carbocycles. The first-order valence-corrected chi connectivity index (χ1v) is 15.8. The Labute approximate surface area is 222 Å². The van der Waals surface area contributed by atoms with Crippen LogP contribution in [0.3, 0.4) is 0 Å². The summed E-state index contributed by atoms with van der Waals surface area (Å²) in [6.45, 7) is 4.49. The second-order valence-electron chi connectivity index (χ2n) is 10.2. The first kappa shape index (κ1) is 29.6. The Morgan fingerprint density at radius 1 is 0.865 bits per heavy atom. The lowest BCUT2D eigenvalue weighted by molar-refractivity contribution is 0.125. The summed E-state index contributed by atoms with van der Waals surface area (Å²) >= 11 is 0. The number of benzene rings is 2. The largest absolute Gasteiger partial charge is 0.497 e. The highest BCUT2D eigenvalue weighted by atomic mass is 32.2. The fourth-order valence-electron chi connectivity index (χ4n) is 4.73. The molecule has 0 saturated heterocycles. The summed E-state index contributed by atoms with van der Waals surface area (Å²) in [5, 5.41) is 10.9. The minimum atomic E-state index is -3.80. The molecule has 0 aromatic heterocycles. The van der Waals surface area contributed by atoms with E-state index in [1.54, 1.807) is 42.5 Å². The van der Waals surface area contributed by atoms with Crippen LogP contribution >= 0.6 is 0 Å². The van der Waals surface area contributed by atoms with Gasteiger partial charge in [-0.25, -0.2) is 16.8 Å². The van der Waals surface area contributed by atoms with E-state index in [0.717, 1.165) is 25.7 Å². The Balaban J connectivity index is 1.76. The van der Waals surface area contributed by atoms with Gasteiger partial charge in [0.2, 0.25) is 20.0 Å². The summed E-state index contributed by atoms with van der Waals surface area (Å²) < 4.78 is 61.5.